The van der Waals surface area contributed by atoms with E-state index in [1.165, 1.54) is 12.7 Å². The lowest BCUT2D eigenvalue weighted by molar-refractivity contribution is -0.150. The highest BCUT2D eigenvalue weighted by atomic mass is 16.5. The molecule has 0 aliphatic rings. The topological polar surface area (TPSA) is 54.1 Å². The lowest BCUT2D eigenvalue weighted by Gasteiger charge is -2.28. The van der Waals surface area contributed by atoms with E-state index in [2.05, 4.69) is 30.2 Å². The second kappa shape index (κ2) is 5.57. The van der Waals surface area contributed by atoms with Crippen LogP contribution in [0, 0.1) is 5.41 Å². The Morgan fingerprint density at radius 1 is 1.33 bits per heavy atom. The fourth-order valence-corrected chi connectivity index (χ4v) is 1.88. The summed E-state index contributed by atoms with van der Waals surface area (Å²) in [5.41, 5.74) is 0.792. The van der Waals surface area contributed by atoms with Gasteiger partial charge in [0.15, 0.2) is 0 Å². The van der Waals surface area contributed by atoms with E-state index in [1.54, 1.807) is 0 Å². The van der Waals surface area contributed by atoms with Crippen LogP contribution < -0.4 is 5.32 Å². The number of hydrogen-bond acceptors (Lipinski definition) is 3. The van der Waals surface area contributed by atoms with E-state index < -0.39 is 5.41 Å². The fourth-order valence-electron chi connectivity index (χ4n) is 1.88. The van der Waals surface area contributed by atoms with Crippen molar-refractivity contribution in [2.24, 2.45) is 5.41 Å². The molecular weight excluding hydrogens is 228 g/mol. The van der Waals surface area contributed by atoms with Crippen LogP contribution in [-0.4, -0.2) is 31.2 Å². The third kappa shape index (κ3) is 3.60. The SMILES string of the molecule is COC(=O)C(C)(C)CNCC(C)(C)c1cc[nH]c1. The van der Waals surface area contributed by atoms with Crippen LogP contribution in [0.25, 0.3) is 0 Å². The summed E-state index contributed by atoms with van der Waals surface area (Å²) in [6.45, 7) is 9.53. The minimum atomic E-state index is -0.497. The number of H-pyrrole nitrogens is 1. The number of aromatic amines is 1. The predicted octanol–water partition coefficient (Wildman–Crippen LogP) is 2.08. The number of carbonyl (C=O) groups excluding carboxylic acids is 1. The Hall–Kier alpha value is -1.29. The molecule has 2 N–H and O–H groups in total. The first kappa shape index (κ1) is 14.8. The Morgan fingerprint density at radius 3 is 2.50 bits per heavy atom. The molecule has 0 radical (unpaired) electrons. The second-order valence-corrected chi connectivity index (χ2v) is 5.96. The molecule has 0 aliphatic heterocycles. The number of nitrogens with one attached hydrogen (secondary N) is 2. The van der Waals surface area contributed by atoms with Crippen LogP contribution in [0.2, 0.25) is 0 Å². The molecule has 18 heavy (non-hydrogen) atoms. The first-order valence-electron chi connectivity index (χ1n) is 6.22. The van der Waals surface area contributed by atoms with Crippen LogP contribution in [0.3, 0.4) is 0 Å². The van der Waals surface area contributed by atoms with Crippen LogP contribution >= 0.6 is 0 Å². The highest BCUT2D eigenvalue weighted by molar-refractivity contribution is 5.76. The molecule has 1 aromatic rings. The van der Waals surface area contributed by atoms with Crippen LogP contribution in [0.5, 0.6) is 0 Å². The van der Waals surface area contributed by atoms with Gasteiger partial charge in [0.1, 0.15) is 0 Å². The molecule has 0 atom stereocenters. The van der Waals surface area contributed by atoms with E-state index in [0.717, 1.165) is 6.54 Å². The predicted molar refractivity (Wildman–Crippen MR) is 72.5 cm³/mol. The number of esters is 1. The molecule has 1 aromatic heterocycles. The third-order valence-electron chi connectivity index (χ3n) is 3.25. The zero-order chi connectivity index (χ0) is 13.8. The highest BCUT2D eigenvalue weighted by Gasteiger charge is 2.29. The number of rotatable bonds is 6. The van der Waals surface area contributed by atoms with Crippen molar-refractivity contribution < 1.29 is 9.53 Å². The largest absolute Gasteiger partial charge is 0.469 e. The summed E-state index contributed by atoms with van der Waals surface area (Å²) in [7, 11) is 1.42. The van der Waals surface area contributed by atoms with Gasteiger partial charge in [-0.1, -0.05) is 13.8 Å². The minimum Gasteiger partial charge on any atom is -0.469 e. The number of carbonyl (C=O) groups is 1. The summed E-state index contributed by atoms with van der Waals surface area (Å²) in [6, 6.07) is 2.08. The Labute approximate surface area is 109 Å². The second-order valence-electron chi connectivity index (χ2n) is 5.96. The average molecular weight is 252 g/mol. The molecule has 0 unspecified atom stereocenters. The van der Waals surface area contributed by atoms with Crippen LogP contribution in [0.1, 0.15) is 33.3 Å². The Kier molecular flexibility index (Phi) is 4.57. The van der Waals surface area contributed by atoms with Gasteiger partial charge in [0.25, 0.3) is 0 Å². The zero-order valence-corrected chi connectivity index (χ0v) is 12.0. The monoisotopic (exact) mass is 252 g/mol. The van der Waals surface area contributed by atoms with Crippen molar-refractivity contribution in [3.8, 4) is 0 Å². The Morgan fingerprint density at radius 2 is 2.00 bits per heavy atom. The van der Waals surface area contributed by atoms with Crippen LogP contribution in [0.4, 0.5) is 0 Å². The smallest absolute Gasteiger partial charge is 0.312 e. The number of aromatic nitrogens is 1. The Balaban J connectivity index is 2.49. The van der Waals surface area contributed by atoms with Gasteiger partial charge in [-0.05, 0) is 25.5 Å². The van der Waals surface area contributed by atoms with Gasteiger partial charge in [-0.2, -0.15) is 0 Å². The molecule has 0 saturated carbocycles. The van der Waals surface area contributed by atoms with Crippen molar-refractivity contribution in [1.29, 1.82) is 0 Å². The Bertz CT molecular complexity index is 381. The quantitative estimate of drug-likeness (QED) is 0.762. The number of methoxy groups -OCH3 is 1. The maximum atomic E-state index is 11.6. The van der Waals surface area contributed by atoms with Crippen LogP contribution in [0.15, 0.2) is 18.5 Å². The molecule has 0 fully saturated rings. The molecular formula is C14H24N2O2. The first-order chi connectivity index (χ1) is 8.29. The van der Waals surface area contributed by atoms with Crippen molar-refractivity contribution in [1.82, 2.24) is 10.3 Å². The molecule has 0 spiro atoms. The van der Waals surface area contributed by atoms with E-state index >= 15 is 0 Å². The molecule has 0 aliphatic carbocycles. The lowest BCUT2D eigenvalue weighted by Crippen LogP contribution is -2.41. The van der Waals surface area contributed by atoms with Crippen molar-refractivity contribution in [2.75, 3.05) is 20.2 Å². The summed E-state index contributed by atoms with van der Waals surface area (Å²) >= 11 is 0. The molecule has 1 rings (SSSR count). The molecule has 102 valence electrons. The van der Waals surface area contributed by atoms with E-state index in [9.17, 15) is 4.79 Å². The minimum absolute atomic E-state index is 0.0339. The summed E-state index contributed by atoms with van der Waals surface area (Å²) in [6.07, 6.45) is 3.93. The van der Waals surface area contributed by atoms with Crippen molar-refractivity contribution in [3.63, 3.8) is 0 Å². The van der Waals surface area contributed by atoms with Gasteiger partial charge < -0.3 is 15.0 Å². The van der Waals surface area contributed by atoms with E-state index in [1.807, 2.05) is 26.2 Å². The number of ether oxygens (including phenoxy) is 1. The highest BCUT2D eigenvalue weighted by Crippen LogP contribution is 2.22. The van der Waals surface area contributed by atoms with Gasteiger partial charge in [-0.25, -0.2) is 0 Å². The maximum Gasteiger partial charge on any atom is 0.312 e. The van der Waals surface area contributed by atoms with Gasteiger partial charge in [0.05, 0.1) is 12.5 Å². The summed E-state index contributed by atoms with van der Waals surface area (Å²) in [5.74, 6) is -0.186. The van der Waals surface area contributed by atoms with Crippen molar-refractivity contribution in [3.05, 3.63) is 24.0 Å². The molecule has 4 nitrogen and oxygen atoms in total. The van der Waals surface area contributed by atoms with Crippen LogP contribution in [-0.2, 0) is 14.9 Å². The molecule has 0 amide bonds. The summed E-state index contributed by atoms with van der Waals surface area (Å²) in [5, 5.41) is 3.35. The van der Waals surface area contributed by atoms with Gasteiger partial charge in [0.2, 0.25) is 0 Å². The van der Waals surface area contributed by atoms with E-state index in [0.29, 0.717) is 6.54 Å². The molecule has 0 aromatic carbocycles. The van der Waals surface area contributed by atoms with E-state index in [4.69, 9.17) is 4.74 Å². The maximum absolute atomic E-state index is 11.6. The third-order valence-corrected chi connectivity index (χ3v) is 3.25. The van der Waals surface area contributed by atoms with Gasteiger partial charge in [-0.15, -0.1) is 0 Å². The fraction of sp³-hybridized carbons (Fsp3) is 0.643. The summed E-state index contributed by atoms with van der Waals surface area (Å²) < 4.78 is 4.79. The molecule has 0 bridgehead atoms. The molecule has 0 saturated heterocycles. The van der Waals surface area contributed by atoms with Crippen molar-refractivity contribution >= 4 is 5.97 Å². The van der Waals surface area contributed by atoms with E-state index in [-0.39, 0.29) is 11.4 Å². The lowest BCUT2D eigenvalue weighted by atomic mass is 9.85. The van der Waals surface area contributed by atoms with Gasteiger partial charge in [-0.3, -0.25) is 4.79 Å². The van der Waals surface area contributed by atoms with Crippen molar-refractivity contribution in [2.45, 2.75) is 33.1 Å². The average Bonchev–Trinajstić information content (AvgIpc) is 2.81. The summed E-state index contributed by atoms with van der Waals surface area (Å²) in [4.78, 5) is 14.6. The molecule has 4 heteroatoms. The number of hydrogen-bond donors (Lipinski definition) is 2. The zero-order valence-electron chi connectivity index (χ0n) is 12.0. The normalized spacial score (nSPS) is 12.5. The first-order valence-corrected chi connectivity index (χ1v) is 6.22. The molecule has 1 heterocycles. The van der Waals surface area contributed by atoms with Gasteiger partial charge >= 0.3 is 5.97 Å². The standard InChI is InChI=1S/C14H24N2O2/c1-13(2,11-6-7-15-8-11)9-16-10-14(3,4)12(17)18-5/h6-8,15-16H,9-10H2,1-5H3. The van der Waals surface area contributed by atoms with Gasteiger partial charge in [0, 0.05) is 30.9 Å².